The molecule has 234 valence electrons. The number of likely N-dealkylation sites (N-methyl/N-ethyl adjacent to an activating group) is 1. The quantitative estimate of drug-likeness (QED) is 0.445. The maximum atomic E-state index is 14.1. The number of rotatable bonds is 7. The van der Waals surface area contributed by atoms with Crippen LogP contribution >= 0.6 is 0 Å². The lowest BCUT2D eigenvalue weighted by Gasteiger charge is -2.36. The van der Waals surface area contributed by atoms with Gasteiger partial charge < -0.3 is 24.4 Å². The van der Waals surface area contributed by atoms with Gasteiger partial charge in [-0.3, -0.25) is 9.69 Å². The molecule has 2 aromatic carbocycles. The van der Waals surface area contributed by atoms with Crippen molar-refractivity contribution in [1.29, 1.82) is 0 Å². The van der Waals surface area contributed by atoms with Crippen molar-refractivity contribution in [3.05, 3.63) is 59.2 Å². The molecule has 1 heterocycles. The van der Waals surface area contributed by atoms with Crippen molar-refractivity contribution in [2.45, 2.75) is 71.0 Å². The molecular weight excluding hydrogens is 547 g/mol. The first-order chi connectivity index (χ1) is 19.8. The first-order valence-electron chi connectivity index (χ1n) is 14.7. The Labute approximate surface area is 248 Å². The van der Waals surface area contributed by atoms with E-state index in [0.717, 1.165) is 42.6 Å². The number of carbonyl (C=O) groups excluding carboxylic acids is 1. The highest BCUT2D eigenvalue weighted by atomic mass is 19.4. The molecule has 0 spiro atoms. The second kappa shape index (κ2) is 15.1. The Morgan fingerprint density at radius 3 is 2.38 bits per heavy atom. The van der Waals surface area contributed by atoms with Gasteiger partial charge in [-0.25, -0.2) is 0 Å². The largest absolute Gasteiger partial charge is 0.490 e. The third kappa shape index (κ3) is 9.34. The van der Waals surface area contributed by atoms with E-state index in [1.54, 1.807) is 4.90 Å². The Kier molecular flexibility index (Phi) is 12.1. The van der Waals surface area contributed by atoms with Crippen molar-refractivity contribution >= 4 is 11.6 Å². The molecule has 1 aliphatic heterocycles. The van der Waals surface area contributed by atoms with Gasteiger partial charge in [0.2, 0.25) is 0 Å². The number of benzene rings is 2. The molecule has 1 N–H and O–H groups in total. The van der Waals surface area contributed by atoms with Gasteiger partial charge in [0.25, 0.3) is 5.91 Å². The summed E-state index contributed by atoms with van der Waals surface area (Å²) in [5, 5.41) is 10.1. The van der Waals surface area contributed by atoms with E-state index in [0.29, 0.717) is 37.6 Å². The third-order valence-corrected chi connectivity index (χ3v) is 7.78. The third-order valence-electron chi connectivity index (χ3n) is 7.78. The van der Waals surface area contributed by atoms with E-state index >= 15 is 0 Å². The number of hydrogen-bond acceptors (Lipinski definition) is 6. The lowest BCUT2D eigenvalue weighted by molar-refractivity contribution is -0.137. The lowest BCUT2D eigenvalue weighted by atomic mass is 10.0. The number of hydrogen-bond donors (Lipinski definition) is 1. The number of amides is 1. The van der Waals surface area contributed by atoms with Gasteiger partial charge in [-0.05, 0) is 76.1 Å². The summed E-state index contributed by atoms with van der Waals surface area (Å²) in [5.41, 5.74) is 1.43. The fourth-order valence-electron chi connectivity index (χ4n) is 5.13. The first kappa shape index (κ1) is 33.7. The molecule has 10 heteroatoms. The van der Waals surface area contributed by atoms with Crippen LogP contribution in [-0.4, -0.2) is 86.5 Å². The highest BCUT2D eigenvalue weighted by Crippen LogP contribution is 2.30. The number of aliphatic hydroxyl groups is 1. The summed E-state index contributed by atoms with van der Waals surface area (Å²) in [4.78, 5) is 19.7. The van der Waals surface area contributed by atoms with E-state index in [1.165, 1.54) is 12.1 Å². The molecular formula is C32H46F3N3O4. The highest BCUT2D eigenvalue weighted by Gasteiger charge is 2.31. The van der Waals surface area contributed by atoms with Gasteiger partial charge in [0.15, 0.2) is 0 Å². The van der Waals surface area contributed by atoms with Crippen LogP contribution in [0.15, 0.2) is 42.5 Å². The minimum atomic E-state index is -4.37. The average molecular weight is 594 g/mol. The summed E-state index contributed by atoms with van der Waals surface area (Å²) < 4.78 is 51.6. The fraction of sp³-hybridized carbons (Fsp3) is 0.594. The van der Waals surface area contributed by atoms with Crippen LogP contribution in [0, 0.1) is 5.92 Å². The van der Waals surface area contributed by atoms with Gasteiger partial charge in [-0.1, -0.05) is 19.1 Å². The molecule has 0 saturated carbocycles. The number of alkyl halides is 3. The number of ether oxygens (including phenoxy) is 2. The molecule has 0 radical (unpaired) electrons. The van der Waals surface area contributed by atoms with Gasteiger partial charge >= 0.3 is 6.18 Å². The zero-order valence-electron chi connectivity index (χ0n) is 25.7. The van der Waals surface area contributed by atoms with Crippen LogP contribution in [0.5, 0.6) is 5.75 Å². The minimum absolute atomic E-state index is 0.0960. The molecule has 0 saturated heterocycles. The van der Waals surface area contributed by atoms with E-state index in [-0.39, 0.29) is 30.6 Å². The van der Waals surface area contributed by atoms with Crippen LogP contribution in [0.4, 0.5) is 18.9 Å². The lowest BCUT2D eigenvalue weighted by Crippen LogP contribution is -2.47. The Morgan fingerprint density at radius 1 is 1.07 bits per heavy atom. The van der Waals surface area contributed by atoms with Crippen molar-refractivity contribution in [1.82, 2.24) is 9.80 Å². The maximum Gasteiger partial charge on any atom is 0.416 e. The molecule has 4 atom stereocenters. The normalized spacial score (nSPS) is 21.8. The molecule has 0 aliphatic carbocycles. The monoisotopic (exact) mass is 593 g/mol. The van der Waals surface area contributed by atoms with Crippen LogP contribution in [-0.2, 0) is 17.5 Å². The second-order valence-corrected chi connectivity index (χ2v) is 11.8. The molecule has 2 aromatic rings. The molecule has 0 bridgehead atoms. The Morgan fingerprint density at radius 2 is 1.76 bits per heavy atom. The number of nitrogens with zero attached hydrogens (tertiary/aromatic N) is 3. The molecule has 42 heavy (non-hydrogen) atoms. The van der Waals surface area contributed by atoms with Crippen molar-refractivity contribution in [2.24, 2.45) is 5.92 Å². The summed E-state index contributed by atoms with van der Waals surface area (Å²) in [5.74, 6) is 0.214. The number of carbonyl (C=O) groups is 1. The van der Waals surface area contributed by atoms with E-state index in [1.807, 2.05) is 69.9 Å². The molecule has 1 amide bonds. The average Bonchev–Trinajstić information content (AvgIpc) is 2.93. The Hall–Kier alpha value is -2.82. The second-order valence-electron chi connectivity index (χ2n) is 11.8. The van der Waals surface area contributed by atoms with E-state index < -0.39 is 17.8 Å². The number of anilines is 1. The minimum Gasteiger partial charge on any atom is -0.490 e. The summed E-state index contributed by atoms with van der Waals surface area (Å²) in [6, 6.07) is 10.4. The Bertz CT molecular complexity index is 1140. The van der Waals surface area contributed by atoms with Crippen LogP contribution in [0.2, 0.25) is 0 Å². The summed E-state index contributed by atoms with van der Waals surface area (Å²) in [7, 11) is 5.74. The van der Waals surface area contributed by atoms with E-state index in [4.69, 9.17) is 9.47 Å². The van der Waals surface area contributed by atoms with Crippen LogP contribution in [0.3, 0.4) is 0 Å². The van der Waals surface area contributed by atoms with Gasteiger partial charge in [-0.2, -0.15) is 13.2 Å². The molecule has 3 rings (SSSR count). The molecule has 0 unspecified atom stereocenters. The van der Waals surface area contributed by atoms with Crippen LogP contribution in [0.1, 0.15) is 61.5 Å². The standard InChI is InChI=1S/C32H46F3N3O4/c1-22-18-38(23(2)21-39)31(40)28-17-27(36(4)5)14-15-29(28)42-24(3)9-7-8-16-41-30(22)20-37(6)19-25-10-12-26(13-11-25)32(33,34)35/h10-15,17,22-24,30,39H,7-9,16,18-21H2,1-6H3/t22-,23+,24+,30+/m0/s1. The summed E-state index contributed by atoms with van der Waals surface area (Å²) >= 11 is 0. The number of halogens is 3. The molecule has 0 aromatic heterocycles. The van der Waals surface area contributed by atoms with Crippen molar-refractivity contribution in [3.8, 4) is 5.75 Å². The van der Waals surface area contributed by atoms with E-state index in [2.05, 4.69) is 0 Å². The highest BCUT2D eigenvalue weighted by molar-refractivity contribution is 5.98. The molecule has 0 fully saturated rings. The van der Waals surface area contributed by atoms with Crippen LogP contribution < -0.4 is 9.64 Å². The summed E-state index contributed by atoms with van der Waals surface area (Å²) in [6.07, 6.45) is -2.16. The van der Waals surface area contributed by atoms with Crippen molar-refractivity contribution in [2.75, 3.05) is 52.3 Å². The number of aliphatic hydroxyl groups excluding tert-OH is 1. The molecule has 1 aliphatic rings. The van der Waals surface area contributed by atoms with Gasteiger partial charge in [0, 0.05) is 51.9 Å². The Balaban J connectivity index is 1.86. The summed E-state index contributed by atoms with van der Waals surface area (Å²) in [6.45, 7) is 7.52. The zero-order valence-corrected chi connectivity index (χ0v) is 25.7. The van der Waals surface area contributed by atoms with Crippen LogP contribution in [0.25, 0.3) is 0 Å². The fourth-order valence-corrected chi connectivity index (χ4v) is 5.13. The smallest absolute Gasteiger partial charge is 0.416 e. The maximum absolute atomic E-state index is 14.1. The van der Waals surface area contributed by atoms with Gasteiger partial charge in [-0.15, -0.1) is 0 Å². The predicted molar refractivity (Wildman–Crippen MR) is 159 cm³/mol. The zero-order chi connectivity index (χ0) is 31.0. The van der Waals surface area contributed by atoms with Gasteiger partial charge in [0.05, 0.1) is 36.0 Å². The van der Waals surface area contributed by atoms with Crippen molar-refractivity contribution < 1.29 is 32.5 Å². The SMILES string of the molecule is C[C@@H]1CCCCO[C@H](CN(C)Cc2ccc(C(F)(F)F)cc2)[C@@H](C)CN([C@H](C)CO)C(=O)c2cc(N(C)C)ccc2O1. The number of fused-ring (bicyclic) bond motifs is 1. The van der Waals surface area contributed by atoms with E-state index in [9.17, 15) is 23.1 Å². The predicted octanol–water partition coefficient (Wildman–Crippen LogP) is 5.70. The topological polar surface area (TPSA) is 65.5 Å². The van der Waals surface area contributed by atoms with Gasteiger partial charge in [0.1, 0.15) is 5.75 Å². The van der Waals surface area contributed by atoms with Crippen molar-refractivity contribution in [3.63, 3.8) is 0 Å². The molecule has 7 nitrogen and oxygen atoms in total. The first-order valence-corrected chi connectivity index (χ1v) is 14.7.